The molecule has 0 unspecified atom stereocenters. The minimum Gasteiger partial charge on any atom is -0.497 e. The lowest BCUT2D eigenvalue weighted by Gasteiger charge is -2.10. The van der Waals surface area contributed by atoms with Crippen molar-refractivity contribution in [3.05, 3.63) is 78.4 Å². The van der Waals surface area contributed by atoms with E-state index in [9.17, 15) is 4.79 Å². The van der Waals surface area contributed by atoms with E-state index in [0.29, 0.717) is 34.5 Å². The van der Waals surface area contributed by atoms with Gasteiger partial charge in [-0.25, -0.2) is 14.5 Å². The van der Waals surface area contributed by atoms with E-state index in [1.54, 1.807) is 34.9 Å². The Labute approximate surface area is 207 Å². The fraction of sp³-hybridized carbons (Fsp3) is 0.192. The average molecular weight is 481 g/mol. The van der Waals surface area contributed by atoms with Crippen molar-refractivity contribution in [1.82, 2.24) is 29.4 Å². The van der Waals surface area contributed by atoms with E-state index in [1.807, 2.05) is 49.5 Å². The zero-order valence-corrected chi connectivity index (χ0v) is 19.8. The topological polar surface area (TPSA) is 111 Å². The lowest BCUT2D eigenvalue weighted by Crippen LogP contribution is -2.12. The Morgan fingerprint density at radius 1 is 1.11 bits per heavy atom. The summed E-state index contributed by atoms with van der Waals surface area (Å²) >= 11 is 0. The normalized spacial score (nSPS) is 13.1. The molecule has 3 aromatic heterocycles. The summed E-state index contributed by atoms with van der Waals surface area (Å²) in [7, 11) is 3.46. The number of nitrogens with one attached hydrogen (secondary N) is 2. The molecule has 10 nitrogen and oxygen atoms in total. The Morgan fingerprint density at radius 3 is 2.78 bits per heavy atom. The number of carbonyl (C=O) groups is 1. The molecule has 1 fully saturated rings. The van der Waals surface area contributed by atoms with Crippen LogP contribution in [-0.2, 0) is 7.05 Å². The van der Waals surface area contributed by atoms with Crippen LogP contribution in [0.1, 0.15) is 34.7 Å². The van der Waals surface area contributed by atoms with Gasteiger partial charge in [0.15, 0.2) is 11.5 Å². The molecule has 0 aliphatic heterocycles. The van der Waals surface area contributed by atoms with Crippen molar-refractivity contribution < 1.29 is 9.53 Å². The highest BCUT2D eigenvalue weighted by Gasteiger charge is 2.25. The first-order valence-corrected chi connectivity index (χ1v) is 11.6. The van der Waals surface area contributed by atoms with Gasteiger partial charge in [-0.15, -0.1) is 0 Å². The number of benzene rings is 2. The molecule has 6 rings (SSSR count). The molecule has 36 heavy (non-hydrogen) atoms. The van der Waals surface area contributed by atoms with Crippen LogP contribution in [0.15, 0.2) is 67.3 Å². The molecule has 1 saturated carbocycles. The molecule has 2 aromatic carbocycles. The number of amides is 1. The quantitative estimate of drug-likeness (QED) is 0.355. The SMILES string of the molecule is COc1cc(NC(=O)c2cnn3ccc(Nc4cccc(-c5ncn(C)n5)c4)nc23)cc(C2CC2)c1. The number of nitrogens with zero attached hydrogens (tertiary/aromatic N) is 6. The molecule has 1 amide bonds. The molecule has 1 aliphatic carbocycles. The average Bonchev–Trinajstić information content (AvgIpc) is 3.51. The monoisotopic (exact) mass is 480 g/mol. The molecule has 0 spiro atoms. The Morgan fingerprint density at radius 2 is 2.00 bits per heavy atom. The number of ether oxygens (including phenoxy) is 1. The van der Waals surface area contributed by atoms with Crippen molar-refractivity contribution in [2.75, 3.05) is 17.7 Å². The van der Waals surface area contributed by atoms with Gasteiger partial charge in [0.1, 0.15) is 23.5 Å². The van der Waals surface area contributed by atoms with E-state index < -0.39 is 0 Å². The van der Waals surface area contributed by atoms with Crippen LogP contribution in [0, 0.1) is 0 Å². The molecular formula is C26H24N8O2. The maximum atomic E-state index is 13.2. The molecule has 5 aromatic rings. The summed E-state index contributed by atoms with van der Waals surface area (Å²) in [6, 6.07) is 15.4. The molecule has 0 radical (unpaired) electrons. The van der Waals surface area contributed by atoms with Crippen molar-refractivity contribution in [3.63, 3.8) is 0 Å². The highest BCUT2D eigenvalue weighted by Crippen LogP contribution is 2.42. The summed E-state index contributed by atoms with van der Waals surface area (Å²) in [4.78, 5) is 22.1. The summed E-state index contributed by atoms with van der Waals surface area (Å²) in [6.45, 7) is 0. The first-order chi connectivity index (χ1) is 17.6. The molecule has 0 bridgehead atoms. The van der Waals surface area contributed by atoms with Crippen LogP contribution in [0.25, 0.3) is 17.0 Å². The highest BCUT2D eigenvalue weighted by molar-refractivity contribution is 6.08. The van der Waals surface area contributed by atoms with E-state index >= 15 is 0 Å². The van der Waals surface area contributed by atoms with Gasteiger partial charge in [0, 0.05) is 36.2 Å². The van der Waals surface area contributed by atoms with E-state index in [1.165, 1.54) is 11.8 Å². The summed E-state index contributed by atoms with van der Waals surface area (Å²) in [6.07, 6.45) is 7.28. The lowest BCUT2D eigenvalue weighted by atomic mass is 10.1. The van der Waals surface area contributed by atoms with E-state index in [2.05, 4.69) is 30.8 Å². The van der Waals surface area contributed by atoms with Gasteiger partial charge in [-0.1, -0.05) is 12.1 Å². The minimum absolute atomic E-state index is 0.284. The van der Waals surface area contributed by atoms with Crippen molar-refractivity contribution in [2.45, 2.75) is 18.8 Å². The molecule has 180 valence electrons. The second kappa shape index (κ2) is 8.81. The van der Waals surface area contributed by atoms with Gasteiger partial charge in [-0.2, -0.15) is 10.2 Å². The first kappa shape index (κ1) is 21.8. The van der Waals surface area contributed by atoms with Crippen LogP contribution in [0.2, 0.25) is 0 Å². The second-order valence-corrected chi connectivity index (χ2v) is 8.81. The molecule has 0 atom stereocenters. The van der Waals surface area contributed by atoms with Crippen LogP contribution < -0.4 is 15.4 Å². The third kappa shape index (κ3) is 4.36. The van der Waals surface area contributed by atoms with Gasteiger partial charge < -0.3 is 15.4 Å². The number of hydrogen-bond donors (Lipinski definition) is 2. The molecule has 1 aliphatic rings. The van der Waals surface area contributed by atoms with Gasteiger partial charge in [0.05, 0.1) is 13.3 Å². The van der Waals surface area contributed by atoms with Crippen molar-refractivity contribution in [1.29, 1.82) is 0 Å². The summed E-state index contributed by atoms with van der Waals surface area (Å²) < 4.78 is 8.67. The number of anilines is 3. The van der Waals surface area contributed by atoms with Crippen LogP contribution in [-0.4, -0.2) is 42.4 Å². The van der Waals surface area contributed by atoms with E-state index in [-0.39, 0.29) is 5.91 Å². The van der Waals surface area contributed by atoms with Crippen molar-refractivity contribution in [3.8, 4) is 17.1 Å². The van der Waals surface area contributed by atoms with Gasteiger partial charge in [0.25, 0.3) is 5.91 Å². The standard InChI is InChI=1S/C26H24N8O2/c1-33-15-27-24(32-33)17-4-3-5-19(10-17)29-23-8-9-34-25(31-23)22(14-28-34)26(35)30-20-11-18(16-6-7-16)12-21(13-20)36-2/h3-5,8-16H,6-7H2,1-2H3,(H,29,31)(H,30,35). The highest BCUT2D eigenvalue weighted by atomic mass is 16.5. The largest absolute Gasteiger partial charge is 0.497 e. The first-order valence-electron chi connectivity index (χ1n) is 11.6. The fourth-order valence-electron chi connectivity index (χ4n) is 4.12. The molecule has 3 heterocycles. The molecule has 2 N–H and O–H groups in total. The Hall–Kier alpha value is -4.73. The predicted molar refractivity (Wildman–Crippen MR) is 136 cm³/mol. The van der Waals surface area contributed by atoms with Gasteiger partial charge in [-0.3, -0.25) is 9.48 Å². The third-order valence-corrected chi connectivity index (χ3v) is 6.08. The van der Waals surface area contributed by atoms with Crippen LogP contribution in [0.3, 0.4) is 0 Å². The number of carbonyl (C=O) groups excluding carboxylic acids is 1. The molecular weight excluding hydrogens is 456 g/mol. The third-order valence-electron chi connectivity index (χ3n) is 6.08. The molecule has 10 heteroatoms. The van der Waals surface area contributed by atoms with Crippen molar-refractivity contribution >= 4 is 28.7 Å². The Bertz CT molecular complexity index is 1580. The summed E-state index contributed by atoms with van der Waals surface area (Å²) in [5.74, 6) is 2.20. The summed E-state index contributed by atoms with van der Waals surface area (Å²) in [5.41, 5.74) is 4.40. The van der Waals surface area contributed by atoms with Gasteiger partial charge in [0.2, 0.25) is 0 Å². The Balaban J connectivity index is 1.25. The maximum Gasteiger partial charge on any atom is 0.261 e. The van der Waals surface area contributed by atoms with E-state index in [4.69, 9.17) is 4.74 Å². The van der Waals surface area contributed by atoms with Gasteiger partial charge >= 0.3 is 0 Å². The number of aromatic nitrogens is 6. The number of fused-ring (bicyclic) bond motifs is 1. The van der Waals surface area contributed by atoms with Crippen LogP contribution >= 0.6 is 0 Å². The number of aryl methyl sites for hydroxylation is 1. The smallest absolute Gasteiger partial charge is 0.261 e. The number of rotatable bonds is 7. The maximum absolute atomic E-state index is 13.2. The molecule has 0 saturated heterocycles. The number of hydrogen-bond acceptors (Lipinski definition) is 7. The Kier molecular flexibility index (Phi) is 5.33. The zero-order valence-electron chi connectivity index (χ0n) is 19.8. The minimum atomic E-state index is -0.284. The zero-order chi connectivity index (χ0) is 24.6. The number of methoxy groups -OCH3 is 1. The van der Waals surface area contributed by atoms with Gasteiger partial charge in [-0.05, 0) is 54.7 Å². The lowest BCUT2D eigenvalue weighted by molar-refractivity contribution is 0.102. The predicted octanol–water partition coefficient (Wildman–Crippen LogP) is 4.41. The van der Waals surface area contributed by atoms with Crippen LogP contribution in [0.5, 0.6) is 5.75 Å². The van der Waals surface area contributed by atoms with E-state index in [0.717, 1.165) is 29.8 Å². The summed E-state index contributed by atoms with van der Waals surface area (Å²) in [5, 5.41) is 14.9. The second-order valence-electron chi connectivity index (χ2n) is 8.81. The van der Waals surface area contributed by atoms with Crippen molar-refractivity contribution in [2.24, 2.45) is 7.05 Å². The fourth-order valence-corrected chi connectivity index (χ4v) is 4.12. The van der Waals surface area contributed by atoms with Crippen LogP contribution in [0.4, 0.5) is 17.2 Å².